The fourth-order valence-electron chi connectivity index (χ4n) is 2.66. The summed E-state index contributed by atoms with van der Waals surface area (Å²) in [6.45, 7) is 3.70. The molecule has 0 heterocycles. The van der Waals surface area contributed by atoms with E-state index in [1.165, 1.54) is 0 Å². The first-order chi connectivity index (χ1) is 11.7. The predicted molar refractivity (Wildman–Crippen MR) is 97.3 cm³/mol. The van der Waals surface area contributed by atoms with Crippen molar-refractivity contribution in [3.63, 3.8) is 0 Å². The van der Waals surface area contributed by atoms with Crippen LogP contribution in [0.5, 0.6) is 0 Å². The topological polar surface area (TPSA) is 79.6 Å². The van der Waals surface area contributed by atoms with E-state index in [-0.39, 0.29) is 10.6 Å². The molecule has 2 N–H and O–H groups in total. The number of nitrogens with one attached hydrogen (secondary N) is 2. The number of hydrogen-bond donors (Lipinski definition) is 2. The monoisotopic (exact) mass is 330 g/mol. The molecule has 0 atom stereocenters. The molecule has 6 heteroatoms. The summed E-state index contributed by atoms with van der Waals surface area (Å²) >= 11 is 0. The molecular formula is C18H26N4O2. The lowest BCUT2D eigenvalue weighted by Crippen LogP contribution is -2.42. The molecule has 0 aromatic heterocycles. The van der Waals surface area contributed by atoms with Gasteiger partial charge in [-0.1, -0.05) is 24.3 Å². The van der Waals surface area contributed by atoms with Crippen molar-refractivity contribution in [2.45, 2.75) is 45.1 Å². The van der Waals surface area contributed by atoms with Gasteiger partial charge in [-0.3, -0.25) is 15.1 Å². The molecule has 0 spiro atoms. The van der Waals surface area contributed by atoms with Gasteiger partial charge in [0.2, 0.25) is 0 Å². The molecule has 130 valence electrons. The smallest absolute Gasteiger partial charge is 0.269 e. The van der Waals surface area contributed by atoms with Crippen molar-refractivity contribution in [2.24, 2.45) is 4.99 Å². The summed E-state index contributed by atoms with van der Waals surface area (Å²) in [6.07, 6.45) is 9.46. The Morgan fingerprint density at radius 1 is 1.25 bits per heavy atom. The van der Waals surface area contributed by atoms with E-state index in [1.54, 1.807) is 12.1 Å². The summed E-state index contributed by atoms with van der Waals surface area (Å²) in [5.41, 5.74) is 1.28. The summed E-state index contributed by atoms with van der Waals surface area (Å²) in [5.74, 6) is 0.890. The van der Waals surface area contributed by atoms with Crippen LogP contribution in [-0.4, -0.2) is 30.0 Å². The highest BCUT2D eigenvalue weighted by molar-refractivity contribution is 5.80. The minimum Gasteiger partial charge on any atom is -0.357 e. The quantitative estimate of drug-likeness (QED) is 0.192. The number of aryl methyl sites for hydroxylation is 1. The third kappa shape index (κ3) is 6.02. The van der Waals surface area contributed by atoms with Crippen molar-refractivity contribution in [1.29, 1.82) is 0 Å². The highest BCUT2D eigenvalue weighted by atomic mass is 16.6. The molecule has 2 rings (SSSR count). The molecule has 1 aliphatic carbocycles. The number of hydrogen-bond acceptors (Lipinski definition) is 3. The molecule has 0 bridgehead atoms. The molecule has 0 saturated heterocycles. The van der Waals surface area contributed by atoms with E-state index < -0.39 is 0 Å². The normalized spacial score (nSPS) is 14.8. The molecule has 1 aromatic carbocycles. The van der Waals surface area contributed by atoms with Crippen LogP contribution in [0.3, 0.4) is 0 Å². The number of nitrogens with zero attached hydrogens (tertiary/aromatic N) is 2. The summed E-state index contributed by atoms with van der Waals surface area (Å²) in [7, 11) is 0. The van der Waals surface area contributed by atoms with Crippen molar-refractivity contribution in [3.05, 3.63) is 52.1 Å². The van der Waals surface area contributed by atoms with Crippen LogP contribution in [0.4, 0.5) is 5.69 Å². The number of benzene rings is 1. The summed E-state index contributed by atoms with van der Waals surface area (Å²) in [5, 5.41) is 17.4. The molecule has 0 amide bonds. The minimum atomic E-state index is -0.367. The number of nitro benzene ring substituents is 1. The summed E-state index contributed by atoms with van der Waals surface area (Å²) in [6, 6.07) is 7.26. The molecule has 0 fully saturated rings. The van der Waals surface area contributed by atoms with Gasteiger partial charge in [0.1, 0.15) is 0 Å². The van der Waals surface area contributed by atoms with Crippen molar-refractivity contribution < 1.29 is 4.92 Å². The standard InChI is InChI=1S/C18H26N4O2/c1-2-19-18(21-16-8-3-4-9-16)20-14-6-5-7-15-10-12-17(13-11-15)22(23)24/h3-4,10-13,16H,2,5-9,14H2,1H3,(H2,19,20,21). The molecule has 0 radical (unpaired) electrons. The number of guanidine groups is 1. The van der Waals surface area contributed by atoms with Crippen molar-refractivity contribution in [1.82, 2.24) is 10.6 Å². The number of nitro groups is 1. The van der Waals surface area contributed by atoms with Gasteiger partial charge in [0.15, 0.2) is 5.96 Å². The number of rotatable bonds is 8. The van der Waals surface area contributed by atoms with Gasteiger partial charge in [-0.2, -0.15) is 0 Å². The second-order valence-corrected chi connectivity index (χ2v) is 5.93. The second kappa shape index (κ2) is 9.70. The van der Waals surface area contributed by atoms with Crippen LogP contribution < -0.4 is 10.6 Å². The molecule has 1 aromatic rings. The lowest BCUT2D eigenvalue weighted by atomic mass is 10.1. The van der Waals surface area contributed by atoms with Crippen LogP contribution in [0.25, 0.3) is 0 Å². The second-order valence-electron chi connectivity index (χ2n) is 5.93. The SMILES string of the molecule is CCNC(=NCCCCc1ccc([N+](=O)[O-])cc1)NC1CC=CC1. The zero-order chi connectivity index (χ0) is 17.2. The Kier molecular flexibility index (Phi) is 7.26. The highest BCUT2D eigenvalue weighted by Gasteiger charge is 2.11. The molecule has 6 nitrogen and oxygen atoms in total. The van der Waals surface area contributed by atoms with Gasteiger partial charge in [-0.25, -0.2) is 0 Å². The van der Waals surface area contributed by atoms with E-state index in [0.717, 1.165) is 56.7 Å². The number of non-ortho nitro benzene ring substituents is 1. The highest BCUT2D eigenvalue weighted by Crippen LogP contribution is 2.13. The van der Waals surface area contributed by atoms with Crippen LogP contribution in [0.1, 0.15) is 38.2 Å². The number of unbranched alkanes of at least 4 members (excludes halogenated alkanes) is 1. The molecule has 24 heavy (non-hydrogen) atoms. The fraction of sp³-hybridized carbons (Fsp3) is 0.500. The first-order valence-electron chi connectivity index (χ1n) is 8.62. The Morgan fingerprint density at radius 2 is 1.96 bits per heavy atom. The van der Waals surface area contributed by atoms with Crippen LogP contribution in [0.15, 0.2) is 41.4 Å². The average Bonchev–Trinajstić information content (AvgIpc) is 3.08. The van der Waals surface area contributed by atoms with Gasteiger partial charge in [-0.05, 0) is 44.6 Å². The maximum Gasteiger partial charge on any atom is 0.269 e. The first-order valence-corrected chi connectivity index (χ1v) is 8.62. The van der Waals surface area contributed by atoms with E-state index in [2.05, 4.69) is 34.7 Å². The summed E-state index contributed by atoms with van der Waals surface area (Å²) in [4.78, 5) is 14.9. The Morgan fingerprint density at radius 3 is 2.58 bits per heavy atom. The minimum absolute atomic E-state index is 0.145. The Balaban J connectivity index is 1.70. The first kappa shape index (κ1) is 18.0. The lowest BCUT2D eigenvalue weighted by molar-refractivity contribution is -0.384. The van der Waals surface area contributed by atoms with Crippen molar-refractivity contribution in [2.75, 3.05) is 13.1 Å². The van der Waals surface area contributed by atoms with Crippen molar-refractivity contribution in [3.8, 4) is 0 Å². The van der Waals surface area contributed by atoms with Gasteiger partial charge < -0.3 is 10.6 Å². The number of aliphatic imine (C=N–C) groups is 1. The zero-order valence-electron chi connectivity index (χ0n) is 14.2. The lowest BCUT2D eigenvalue weighted by Gasteiger charge is -2.16. The van der Waals surface area contributed by atoms with Crippen LogP contribution in [-0.2, 0) is 6.42 Å². The third-order valence-electron chi connectivity index (χ3n) is 3.98. The van der Waals surface area contributed by atoms with Crippen LogP contribution in [0, 0.1) is 10.1 Å². The Hall–Kier alpha value is -2.37. The van der Waals surface area contributed by atoms with E-state index in [9.17, 15) is 10.1 Å². The molecule has 0 saturated carbocycles. The maximum atomic E-state index is 10.6. The fourth-order valence-corrected chi connectivity index (χ4v) is 2.66. The van der Waals surface area contributed by atoms with Gasteiger partial charge in [0, 0.05) is 31.3 Å². The summed E-state index contributed by atoms with van der Waals surface area (Å²) < 4.78 is 0. The van der Waals surface area contributed by atoms with E-state index in [0.29, 0.717) is 6.04 Å². The molecule has 0 aliphatic heterocycles. The van der Waals surface area contributed by atoms with Gasteiger partial charge >= 0.3 is 0 Å². The average molecular weight is 330 g/mol. The Bertz CT molecular complexity index is 573. The van der Waals surface area contributed by atoms with Gasteiger partial charge in [0.25, 0.3) is 5.69 Å². The van der Waals surface area contributed by atoms with Crippen molar-refractivity contribution >= 4 is 11.6 Å². The van der Waals surface area contributed by atoms with Gasteiger partial charge in [-0.15, -0.1) is 0 Å². The van der Waals surface area contributed by atoms with E-state index in [1.807, 2.05) is 12.1 Å². The van der Waals surface area contributed by atoms with Crippen LogP contribution >= 0.6 is 0 Å². The molecule has 0 unspecified atom stereocenters. The van der Waals surface area contributed by atoms with E-state index in [4.69, 9.17) is 0 Å². The van der Waals surface area contributed by atoms with Crippen LogP contribution in [0.2, 0.25) is 0 Å². The predicted octanol–water partition coefficient (Wildman–Crippen LogP) is 3.19. The Labute approximate surface area is 143 Å². The largest absolute Gasteiger partial charge is 0.357 e. The zero-order valence-corrected chi connectivity index (χ0v) is 14.2. The molecular weight excluding hydrogens is 304 g/mol. The van der Waals surface area contributed by atoms with E-state index >= 15 is 0 Å². The van der Waals surface area contributed by atoms with Gasteiger partial charge in [0.05, 0.1) is 4.92 Å². The maximum absolute atomic E-state index is 10.6. The third-order valence-corrected chi connectivity index (χ3v) is 3.98. The molecule has 1 aliphatic rings.